The quantitative estimate of drug-likeness (QED) is 0.718. The summed E-state index contributed by atoms with van der Waals surface area (Å²) >= 11 is 0. The Labute approximate surface area is 97.6 Å². The minimum Gasteiger partial charge on any atom is -0.382 e. The third-order valence-electron chi connectivity index (χ3n) is 2.52. The summed E-state index contributed by atoms with van der Waals surface area (Å²) in [4.78, 5) is 0. The molecule has 0 aliphatic rings. The summed E-state index contributed by atoms with van der Waals surface area (Å²) in [7, 11) is 1.66. The van der Waals surface area contributed by atoms with Gasteiger partial charge in [0.1, 0.15) is 0 Å². The van der Waals surface area contributed by atoms with E-state index in [1.54, 1.807) is 7.11 Å². The van der Waals surface area contributed by atoms with Gasteiger partial charge < -0.3 is 15.2 Å². The molecule has 3 nitrogen and oxygen atoms in total. The first kappa shape index (κ1) is 13.2. The van der Waals surface area contributed by atoms with Crippen molar-refractivity contribution in [3.63, 3.8) is 0 Å². The second-order valence-electron chi connectivity index (χ2n) is 3.77. The molecule has 0 amide bonds. The molecule has 0 saturated heterocycles. The maximum atomic E-state index is 6.04. The van der Waals surface area contributed by atoms with Crippen LogP contribution in [0.15, 0.2) is 24.3 Å². The minimum absolute atomic E-state index is 0.0524. The van der Waals surface area contributed by atoms with Crippen molar-refractivity contribution < 1.29 is 9.47 Å². The fourth-order valence-electron chi connectivity index (χ4n) is 1.49. The van der Waals surface area contributed by atoms with E-state index in [1.165, 1.54) is 5.56 Å². The van der Waals surface area contributed by atoms with Crippen LogP contribution in [0, 0.1) is 0 Å². The molecule has 0 saturated carbocycles. The number of hydrogen-bond donors (Lipinski definition) is 1. The van der Waals surface area contributed by atoms with E-state index in [0.29, 0.717) is 19.8 Å². The Bertz CT molecular complexity index is 302. The van der Waals surface area contributed by atoms with Crippen LogP contribution in [0.25, 0.3) is 0 Å². The molecule has 0 aliphatic heterocycles. The van der Waals surface area contributed by atoms with E-state index in [-0.39, 0.29) is 6.04 Å². The maximum Gasteiger partial charge on any atom is 0.0701 e. The molecule has 0 heterocycles. The zero-order valence-corrected chi connectivity index (χ0v) is 10.1. The van der Waals surface area contributed by atoms with Gasteiger partial charge in [-0.25, -0.2) is 0 Å². The predicted octanol–water partition coefficient (Wildman–Crippen LogP) is 1.91. The first-order chi connectivity index (χ1) is 7.77. The van der Waals surface area contributed by atoms with Crippen molar-refractivity contribution in [3.8, 4) is 0 Å². The molecule has 0 radical (unpaired) electrons. The van der Waals surface area contributed by atoms with Crippen LogP contribution in [-0.4, -0.2) is 26.9 Å². The molecule has 3 heteroatoms. The third kappa shape index (κ3) is 4.31. The molecule has 0 spiro atoms. The molecule has 1 aromatic carbocycles. The number of ether oxygens (including phenoxy) is 2. The summed E-state index contributed by atoms with van der Waals surface area (Å²) in [6.07, 6.45) is 1.03. The molecule has 0 aromatic heterocycles. The van der Waals surface area contributed by atoms with Gasteiger partial charge in [-0.2, -0.15) is 0 Å². The molecule has 0 aliphatic carbocycles. The van der Waals surface area contributed by atoms with Crippen molar-refractivity contribution in [2.24, 2.45) is 5.73 Å². The highest BCUT2D eigenvalue weighted by atomic mass is 16.5. The van der Waals surface area contributed by atoms with Crippen LogP contribution >= 0.6 is 0 Å². The number of rotatable bonds is 7. The Morgan fingerprint density at radius 3 is 2.81 bits per heavy atom. The lowest BCUT2D eigenvalue weighted by molar-refractivity contribution is 0.0636. The molecule has 2 N–H and O–H groups in total. The second kappa shape index (κ2) is 7.39. The van der Waals surface area contributed by atoms with Crippen LogP contribution in [0.2, 0.25) is 0 Å². The highest BCUT2D eigenvalue weighted by Gasteiger charge is 2.06. The molecule has 1 rings (SSSR count). The summed E-state index contributed by atoms with van der Waals surface area (Å²) in [6.45, 7) is 3.88. The van der Waals surface area contributed by atoms with E-state index in [1.807, 2.05) is 12.1 Å². The number of aryl methyl sites for hydroxylation is 1. The van der Waals surface area contributed by atoms with E-state index in [2.05, 4.69) is 19.1 Å². The smallest absolute Gasteiger partial charge is 0.0701 e. The summed E-state index contributed by atoms with van der Waals surface area (Å²) in [5, 5.41) is 0. The van der Waals surface area contributed by atoms with Crippen molar-refractivity contribution in [2.45, 2.75) is 19.4 Å². The monoisotopic (exact) mass is 223 g/mol. The van der Waals surface area contributed by atoms with Crippen molar-refractivity contribution in [3.05, 3.63) is 35.4 Å². The molecule has 1 unspecified atom stereocenters. The summed E-state index contributed by atoms with van der Waals surface area (Å²) in [5.41, 5.74) is 8.48. The van der Waals surface area contributed by atoms with Crippen LogP contribution in [0.4, 0.5) is 0 Å². The van der Waals surface area contributed by atoms with Gasteiger partial charge in [0.05, 0.1) is 25.9 Å². The van der Waals surface area contributed by atoms with Gasteiger partial charge in [-0.3, -0.25) is 0 Å². The van der Waals surface area contributed by atoms with Crippen LogP contribution in [0.5, 0.6) is 0 Å². The molecule has 16 heavy (non-hydrogen) atoms. The highest BCUT2D eigenvalue weighted by Crippen LogP contribution is 2.13. The lowest BCUT2D eigenvalue weighted by Gasteiger charge is -2.13. The Kier molecular flexibility index (Phi) is 6.08. The summed E-state index contributed by atoms with van der Waals surface area (Å²) in [6, 6.07) is 8.29. The van der Waals surface area contributed by atoms with Gasteiger partial charge in [0.25, 0.3) is 0 Å². The lowest BCUT2D eigenvalue weighted by atomic mass is 10.0. The average Bonchev–Trinajstić information content (AvgIpc) is 2.34. The standard InChI is InChI=1S/C13H21NO2/c1-3-11-5-4-6-12(9-11)13(14)10-16-8-7-15-2/h4-6,9,13H,3,7-8,10,14H2,1-2H3. The number of methoxy groups -OCH3 is 1. The topological polar surface area (TPSA) is 44.5 Å². The lowest BCUT2D eigenvalue weighted by Crippen LogP contribution is -2.18. The number of hydrogen-bond acceptors (Lipinski definition) is 3. The van der Waals surface area contributed by atoms with Gasteiger partial charge in [-0.05, 0) is 17.5 Å². The molecule has 0 bridgehead atoms. The summed E-state index contributed by atoms with van der Waals surface area (Å²) in [5.74, 6) is 0. The van der Waals surface area contributed by atoms with Crippen molar-refractivity contribution >= 4 is 0 Å². The van der Waals surface area contributed by atoms with Gasteiger partial charge in [0.2, 0.25) is 0 Å². The molecular weight excluding hydrogens is 202 g/mol. The van der Waals surface area contributed by atoms with E-state index in [0.717, 1.165) is 12.0 Å². The largest absolute Gasteiger partial charge is 0.382 e. The molecule has 90 valence electrons. The zero-order valence-electron chi connectivity index (χ0n) is 10.1. The number of nitrogens with two attached hydrogens (primary N) is 1. The second-order valence-corrected chi connectivity index (χ2v) is 3.77. The fraction of sp³-hybridized carbons (Fsp3) is 0.538. The Hall–Kier alpha value is -0.900. The summed E-state index contributed by atoms with van der Waals surface area (Å²) < 4.78 is 10.3. The van der Waals surface area contributed by atoms with Gasteiger partial charge >= 0.3 is 0 Å². The molecular formula is C13H21NO2. The van der Waals surface area contributed by atoms with Gasteiger partial charge in [-0.1, -0.05) is 31.2 Å². The van der Waals surface area contributed by atoms with Gasteiger partial charge in [0.15, 0.2) is 0 Å². The zero-order chi connectivity index (χ0) is 11.8. The Balaban J connectivity index is 2.42. The maximum absolute atomic E-state index is 6.04. The van der Waals surface area contributed by atoms with E-state index >= 15 is 0 Å². The van der Waals surface area contributed by atoms with Crippen LogP contribution in [-0.2, 0) is 15.9 Å². The van der Waals surface area contributed by atoms with E-state index < -0.39 is 0 Å². The predicted molar refractivity (Wildman–Crippen MR) is 65.4 cm³/mol. The van der Waals surface area contributed by atoms with Crippen LogP contribution in [0.3, 0.4) is 0 Å². The first-order valence-corrected chi connectivity index (χ1v) is 5.69. The van der Waals surface area contributed by atoms with Gasteiger partial charge in [0, 0.05) is 7.11 Å². The minimum atomic E-state index is -0.0524. The number of benzene rings is 1. The molecule has 1 aromatic rings. The normalized spacial score (nSPS) is 12.7. The van der Waals surface area contributed by atoms with Crippen LogP contribution in [0.1, 0.15) is 24.1 Å². The molecule has 1 atom stereocenters. The SMILES string of the molecule is CCc1cccc(C(N)COCCOC)c1. The van der Waals surface area contributed by atoms with E-state index in [9.17, 15) is 0 Å². The third-order valence-corrected chi connectivity index (χ3v) is 2.52. The van der Waals surface area contributed by atoms with Crippen LogP contribution < -0.4 is 5.73 Å². The molecule has 0 fully saturated rings. The Morgan fingerprint density at radius 1 is 1.31 bits per heavy atom. The van der Waals surface area contributed by atoms with Crippen molar-refractivity contribution in [1.82, 2.24) is 0 Å². The highest BCUT2D eigenvalue weighted by molar-refractivity contribution is 5.25. The fourth-order valence-corrected chi connectivity index (χ4v) is 1.49. The van der Waals surface area contributed by atoms with Crippen molar-refractivity contribution in [2.75, 3.05) is 26.9 Å². The Morgan fingerprint density at radius 2 is 2.12 bits per heavy atom. The van der Waals surface area contributed by atoms with Gasteiger partial charge in [-0.15, -0.1) is 0 Å². The first-order valence-electron chi connectivity index (χ1n) is 5.69. The van der Waals surface area contributed by atoms with E-state index in [4.69, 9.17) is 15.2 Å². The average molecular weight is 223 g/mol. The van der Waals surface area contributed by atoms with Crippen molar-refractivity contribution in [1.29, 1.82) is 0 Å².